The van der Waals surface area contributed by atoms with Gasteiger partial charge in [-0.1, -0.05) is 5.16 Å². The van der Waals surface area contributed by atoms with Crippen molar-refractivity contribution < 1.29 is 22.5 Å². The van der Waals surface area contributed by atoms with E-state index in [1.807, 2.05) is 0 Å². The van der Waals surface area contributed by atoms with Crippen LogP contribution in [0.3, 0.4) is 0 Å². The molecule has 1 saturated heterocycles. The van der Waals surface area contributed by atoms with Crippen molar-refractivity contribution in [2.24, 2.45) is 0 Å². The zero-order valence-electron chi connectivity index (χ0n) is 15.0. The summed E-state index contributed by atoms with van der Waals surface area (Å²) < 4.78 is 31.7. The lowest BCUT2D eigenvalue weighted by molar-refractivity contribution is -0.129. The van der Waals surface area contributed by atoms with Crippen LogP contribution in [0.15, 0.2) is 39.8 Å². The van der Waals surface area contributed by atoms with Gasteiger partial charge in [0, 0.05) is 44.7 Å². The molecule has 2 aromatic rings. The summed E-state index contributed by atoms with van der Waals surface area (Å²) in [5, 5.41) is 6.26. The van der Waals surface area contributed by atoms with Gasteiger partial charge in [-0.15, -0.1) is 0 Å². The van der Waals surface area contributed by atoms with Crippen molar-refractivity contribution in [2.75, 3.05) is 31.5 Å². The summed E-state index contributed by atoms with van der Waals surface area (Å²) in [4.78, 5) is 25.3. The first-order valence-electron chi connectivity index (χ1n) is 8.38. The molecular weight excluding hydrogens is 372 g/mol. The predicted octanol–water partition coefficient (Wildman–Crippen LogP) is 1.09. The summed E-state index contributed by atoms with van der Waals surface area (Å²) >= 11 is 0. The average Bonchev–Trinajstić information content (AvgIpc) is 3.06. The number of nitrogens with zero attached hydrogens (tertiary/aromatic N) is 3. The highest BCUT2D eigenvalue weighted by Gasteiger charge is 2.29. The lowest BCUT2D eigenvalue weighted by atomic mass is 10.2. The van der Waals surface area contributed by atoms with Gasteiger partial charge in [0.25, 0.3) is 5.91 Å². The van der Waals surface area contributed by atoms with Crippen molar-refractivity contribution in [3.63, 3.8) is 0 Å². The number of rotatable bonds is 4. The number of piperazine rings is 1. The molecule has 0 atom stereocenters. The number of sulfonamides is 1. The number of anilines is 1. The van der Waals surface area contributed by atoms with Gasteiger partial charge < -0.3 is 14.7 Å². The molecular formula is C17H20N4O5S. The normalized spacial score (nSPS) is 15.6. The average molecular weight is 392 g/mol. The Morgan fingerprint density at radius 2 is 1.74 bits per heavy atom. The topological polar surface area (TPSA) is 113 Å². The van der Waals surface area contributed by atoms with E-state index in [-0.39, 0.29) is 29.7 Å². The van der Waals surface area contributed by atoms with Crippen molar-refractivity contribution in [2.45, 2.75) is 18.7 Å². The fourth-order valence-electron chi connectivity index (χ4n) is 2.78. The molecule has 9 nitrogen and oxygen atoms in total. The van der Waals surface area contributed by atoms with Gasteiger partial charge in [0.05, 0.1) is 4.90 Å². The number of carbonyl (C=O) groups is 2. The number of carbonyl (C=O) groups excluding carboxylic acids is 2. The lowest BCUT2D eigenvalue weighted by Crippen LogP contribution is -2.49. The van der Waals surface area contributed by atoms with Crippen LogP contribution in [0.25, 0.3) is 0 Å². The Labute approximate surface area is 157 Å². The fourth-order valence-corrected chi connectivity index (χ4v) is 4.21. The summed E-state index contributed by atoms with van der Waals surface area (Å²) in [5.41, 5.74) is 0.302. The van der Waals surface area contributed by atoms with Gasteiger partial charge in [-0.05, 0) is 31.2 Å². The minimum absolute atomic E-state index is 0.0651. The molecule has 10 heteroatoms. The van der Waals surface area contributed by atoms with Crippen molar-refractivity contribution in [3.05, 3.63) is 41.7 Å². The molecule has 0 bridgehead atoms. The molecule has 3 rings (SSSR count). The standard InChI is InChI=1S/C17H20N4O5S/c1-12-11-16(19-26-12)18-17(23)14-3-5-15(6-4-14)27(24,25)21-9-7-20(8-10-21)13(2)22/h3-6,11H,7-10H2,1-2H3,(H,18,19,23). The van der Waals surface area contributed by atoms with Crippen molar-refractivity contribution in [1.82, 2.24) is 14.4 Å². The van der Waals surface area contributed by atoms with Gasteiger partial charge in [0.15, 0.2) is 5.82 Å². The van der Waals surface area contributed by atoms with E-state index in [0.29, 0.717) is 24.4 Å². The van der Waals surface area contributed by atoms with E-state index in [1.165, 1.54) is 35.5 Å². The third-order valence-electron chi connectivity index (χ3n) is 4.31. The number of amides is 2. The Kier molecular flexibility index (Phi) is 5.29. The first-order valence-corrected chi connectivity index (χ1v) is 9.82. The molecule has 0 radical (unpaired) electrons. The van der Waals surface area contributed by atoms with Crippen molar-refractivity contribution in [1.29, 1.82) is 0 Å². The van der Waals surface area contributed by atoms with E-state index in [0.717, 1.165) is 0 Å². The second-order valence-electron chi connectivity index (χ2n) is 6.21. The maximum atomic E-state index is 12.7. The van der Waals surface area contributed by atoms with Gasteiger partial charge >= 0.3 is 0 Å². The minimum atomic E-state index is -3.67. The van der Waals surface area contributed by atoms with E-state index in [4.69, 9.17) is 4.52 Å². The summed E-state index contributed by atoms with van der Waals surface area (Å²) in [6, 6.07) is 7.27. The number of benzene rings is 1. The van der Waals surface area contributed by atoms with Gasteiger partial charge in [-0.3, -0.25) is 9.59 Å². The molecule has 27 heavy (non-hydrogen) atoms. The van der Waals surface area contributed by atoms with Crippen LogP contribution in [0.4, 0.5) is 5.82 Å². The Morgan fingerprint density at radius 3 is 2.26 bits per heavy atom. The number of aromatic nitrogens is 1. The van der Waals surface area contributed by atoms with Gasteiger partial charge in [0.1, 0.15) is 5.76 Å². The van der Waals surface area contributed by atoms with Gasteiger partial charge in [-0.2, -0.15) is 4.31 Å². The van der Waals surface area contributed by atoms with Gasteiger partial charge in [0.2, 0.25) is 15.9 Å². The third-order valence-corrected chi connectivity index (χ3v) is 6.22. The first kappa shape index (κ1) is 19.1. The highest BCUT2D eigenvalue weighted by molar-refractivity contribution is 7.89. The highest BCUT2D eigenvalue weighted by Crippen LogP contribution is 2.19. The molecule has 1 fully saturated rings. The zero-order valence-corrected chi connectivity index (χ0v) is 15.8. The van der Waals surface area contributed by atoms with Crippen LogP contribution in [0.1, 0.15) is 23.0 Å². The second kappa shape index (κ2) is 7.49. The molecule has 0 unspecified atom stereocenters. The van der Waals surface area contributed by atoms with Crippen LogP contribution in [-0.2, 0) is 14.8 Å². The summed E-state index contributed by atoms with van der Waals surface area (Å²) in [5.74, 6) is 0.376. The van der Waals surface area contributed by atoms with Crippen LogP contribution in [0.5, 0.6) is 0 Å². The molecule has 2 heterocycles. The lowest BCUT2D eigenvalue weighted by Gasteiger charge is -2.33. The van der Waals surface area contributed by atoms with Crippen LogP contribution in [0, 0.1) is 6.92 Å². The third kappa shape index (κ3) is 4.17. The molecule has 1 aliphatic heterocycles. The number of hydrogen-bond acceptors (Lipinski definition) is 6. The van der Waals surface area contributed by atoms with E-state index in [1.54, 1.807) is 17.9 Å². The molecule has 1 aliphatic rings. The molecule has 1 aromatic heterocycles. The van der Waals surface area contributed by atoms with Crippen LogP contribution >= 0.6 is 0 Å². The monoisotopic (exact) mass is 392 g/mol. The Hall–Kier alpha value is -2.72. The minimum Gasteiger partial charge on any atom is -0.360 e. The molecule has 144 valence electrons. The van der Waals surface area contributed by atoms with Crippen LogP contribution in [0.2, 0.25) is 0 Å². The second-order valence-corrected chi connectivity index (χ2v) is 8.15. The Bertz CT molecular complexity index is 944. The van der Waals surface area contributed by atoms with Crippen molar-refractivity contribution in [3.8, 4) is 0 Å². The number of nitrogens with one attached hydrogen (secondary N) is 1. The van der Waals surface area contributed by atoms with E-state index >= 15 is 0 Å². The molecule has 0 aliphatic carbocycles. The van der Waals surface area contributed by atoms with Crippen LogP contribution in [-0.4, -0.2) is 60.8 Å². The summed E-state index contributed by atoms with van der Waals surface area (Å²) in [7, 11) is -3.67. The summed E-state index contributed by atoms with van der Waals surface area (Å²) in [6.45, 7) is 4.40. The van der Waals surface area contributed by atoms with E-state index < -0.39 is 15.9 Å². The van der Waals surface area contributed by atoms with E-state index in [2.05, 4.69) is 10.5 Å². The predicted molar refractivity (Wildman–Crippen MR) is 96.6 cm³/mol. The SMILES string of the molecule is CC(=O)N1CCN(S(=O)(=O)c2ccc(C(=O)Nc3cc(C)on3)cc2)CC1. The van der Waals surface area contributed by atoms with Crippen molar-refractivity contribution >= 4 is 27.7 Å². The maximum Gasteiger partial charge on any atom is 0.256 e. The molecule has 1 aromatic carbocycles. The maximum absolute atomic E-state index is 12.7. The Balaban J connectivity index is 1.69. The quantitative estimate of drug-likeness (QED) is 0.833. The summed E-state index contributed by atoms with van der Waals surface area (Å²) in [6.07, 6.45) is 0. The largest absolute Gasteiger partial charge is 0.360 e. The molecule has 0 spiro atoms. The smallest absolute Gasteiger partial charge is 0.256 e. The molecule has 2 amide bonds. The molecule has 1 N–H and O–H groups in total. The zero-order chi connectivity index (χ0) is 19.6. The fraction of sp³-hybridized carbons (Fsp3) is 0.353. The first-order chi connectivity index (χ1) is 12.8. The number of aryl methyl sites for hydroxylation is 1. The number of hydrogen-bond donors (Lipinski definition) is 1. The van der Waals surface area contributed by atoms with Crippen LogP contribution < -0.4 is 5.32 Å². The highest BCUT2D eigenvalue weighted by atomic mass is 32.2. The van der Waals surface area contributed by atoms with Gasteiger partial charge in [-0.25, -0.2) is 8.42 Å². The molecule has 0 saturated carbocycles. The van der Waals surface area contributed by atoms with E-state index in [9.17, 15) is 18.0 Å². The Morgan fingerprint density at radius 1 is 1.11 bits per heavy atom.